The summed E-state index contributed by atoms with van der Waals surface area (Å²) in [7, 11) is 5.59. The van der Waals surface area contributed by atoms with Gasteiger partial charge in [0, 0.05) is 17.7 Å². The van der Waals surface area contributed by atoms with E-state index in [1.807, 2.05) is 0 Å². The van der Waals surface area contributed by atoms with Gasteiger partial charge < -0.3 is 78.4 Å². The highest BCUT2D eigenvalue weighted by Gasteiger charge is 2.60. The Labute approximate surface area is 303 Å². The molecule has 0 unspecified atom stereocenters. The Bertz CT molecular complexity index is 1590. The Hall–Kier alpha value is -4.50. The molecule has 0 bridgehead atoms. The number of methoxy groups -OCH3 is 4. The Morgan fingerprint density at radius 2 is 1.28 bits per heavy atom. The second kappa shape index (κ2) is 18.0. The van der Waals surface area contributed by atoms with Crippen molar-refractivity contribution >= 4 is 24.1 Å². The van der Waals surface area contributed by atoms with Crippen LogP contribution < -0.4 is 18.9 Å². The number of hydrogen-bond acceptors (Lipinski definition) is 18. The van der Waals surface area contributed by atoms with Gasteiger partial charge in [-0.3, -0.25) is 0 Å². The van der Waals surface area contributed by atoms with Crippen molar-refractivity contribution in [1.82, 2.24) is 0 Å². The summed E-state index contributed by atoms with van der Waals surface area (Å²) in [5.74, 6) is -3.61. The molecule has 2 saturated heterocycles. The SMILES string of the molecule is COc1cc(/C=C/C(=O)OC[C@H]2O[C@H](O[C@]3(CO)O[C@H](CO)[C@@H](O)[C@@H]3OC(=O)/C=C/c3cc(OC)c(O)c(OC)c3)[C@H](O)[C@@H](O)[C@@H]2O)cc(OC)c1C. The number of aromatic hydroxyl groups is 1. The van der Waals surface area contributed by atoms with Crippen LogP contribution in [0.4, 0.5) is 0 Å². The second-order valence-corrected chi connectivity index (χ2v) is 11.9. The molecule has 7 N–H and O–H groups in total. The number of carbonyl (C=O) groups is 2. The highest BCUT2D eigenvalue weighted by atomic mass is 16.8. The summed E-state index contributed by atoms with van der Waals surface area (Å²) in [6, 6.07) is 6.12. The van der Waals surface area contributed by atoms with Crippen LogP contribution in [0.3, 0.4) is 0 Å². The quantitative estimate of drug-likeness (QED) is 0.0866. The number of phenols is 1. The molecule has 2 aliphatic rings. The summed E-state index contributed by atoms with van der Waals surface area (Å²) < 4.78 is 48.4. The maximum Gasteiger partial charge on any atom is 0.331 e. The van der Waals surface area contributed by atoms with E-state index in [4.69, 9.17) is 42.6 Å². The number of hydrogen-bond donors (Lipinski definition) is 7. The van der Waals surface area contributed by atoms with E-state index in [0.717, 1.165) is 17.7 Å². The molecule has 0 amide bonds. The van der Waals surface area contributed by atoms with Gasteiger partial charge in [-0.15, -0.1) is 0 Å². The zero-order valence-corrected chi connectivity index (χ0v) is 29.5. The number of aliphatic hydroxyl groups is 6. The van der Waals surface area contributed by atoms with Crippen molar-refractivity contribution in [2.45, 2.75) is 61.7 Å². The summed E-state index contributed by atoms with van der Waals surface area (Å²) in [5, 5.41) is 73.3. The van der Waals surface area contributed by atoms with E-state index in [9.17, 15) is 45.3 Å². The van der Waals surface area contributed by atoms with E-state index >= 15 is 0 Å². The molecule has 9 atom stereocenters. The third kappa shape index (κ3) is 9.18. The topological polar surface area (TPSA) is 259 Å². The molecule has 0 aromatic heterocycles. The van der Waals surface area contributed by atoms with Crippen LogP contribution in [0.2, 0.25) is 0 Å². The molecule has 0 saturated carbocycles. The van der Waals surface area contributed by atoms with Gasteiger partial charge in [0.25, 0.3) is 0 Å². The van der Waals surface area contributed by atoms with E-state index in [1.165, 1.54) is 52.7 Å². The van der Waals surface area contributed by atoms with Gasteiger partial charge >= 0.3 is 11.9 Å². The zero-order chi connectivity index (χ0) is 39.0. The molecule has 0 spiro atoms. The minimum atomic E-state index is -2.49. The molecule has 2 aromatic carbocycles. The normalized spacial score (nSPS) is 28.6. The van der Waals surface area contributed by atoms with Crippen LogP contribution in [0.5, 0.6) is 28.7 Å². The van der Waals surface area contributed by atoms with Gasteiger partial charge in [-0.05, 0) is 54.5 Å². The number of phenolic OH excluding ortho intramolecular Hbond substituents is 1. The molecule has 53 heavy (non-hydrogen) atoms. The molecule has 0 aliphatic carbocycles. The number of rotatable bonds is 15. The predicted molar refractivity (Wildman–Crippen MR) is 180 cm³/mol. The van der Waals surface area contributed by atoms with Gasteiger partial charge in [0.2, 0.25) is 11.5 Å². The lowest BCUT2D eigenvalue weighted by Gasteiger charge is -2.43. The number of aliphatic hydroxyl groups excluding tert-OH is 6. The maximum absolute atomic E-state index is 13.0. The Morgan fingerprint density at radius 3 is 1.79 bits per heavy atom. The lowest BCUT2D eigenvalue weighted by molar-refractivity contribution is -0.383. The molecule has 2 aliphatic heterocycles. The molecular formula is C35H44O18. The van der Waals surface area contributed by atoms with E-state index in [1.54, 1.807) is 19.1 Å². The van der Waals surface area contributed by atoms with Crippen LogP contribution in [-0.2, 0) is 33.3 Å². The lowest BCUT2D eigenvalue weighted by Crippen LogP contribution is -2.63. The lowest BCUT2D eigenvalue weighted by atomic mass is 9.98. The first-order chi connectivity index (χ1) is 25.3. The smallest absolute Gasteiger partial charge is 0.331 e. The number of esters is 2. The molecule has 2 fully saturated rings. The minimum Gasteiger partial charge on any atom is -0.502 e. The molecule has 2 heterocycles. The van der Waals surface area contributed by atoms with Gasteiger partial charge in [-0.25, -0.2) is 9.59 Å². The van der Waals surface area contributed by atoms with Crippen molar-refractivity contribution in [3.63, 3.8) is 0 Å². The number of ether oxygens (including phenoxy) is 9. The number of carbonyl (C=O) groups excluding carboxylic acids is 2. The van der Waals surface area contributed by atoms with Crippen molar-refractivity contribution < 1.29 is 88.0 Å². The molecule has 4 rings (SSSR count). The summed E-state index contributed by atoms with van der Waals surface area (Å²) in [6.07, 6.45) is -9.59. The Kier molecular flexibility index (Phi) is 14.0. The molecule has 0 radical (unpaired) electrons. The molecule has 2 aromatic rings. The van der Waals surface area contributed by atoms with Gasteiger partial charge in [0.1, 0.15) is 61.3 Å². The van der Waals surface area contributed by atoms with Gasteiger partial charge in [-0.1, -0.05) is 0 Å². The summed E-state index contributed by atoms with van der Waals surface area (Å²) in [4.78, 5) is 25.5. The van der Waals surface area contributed by atoms with E-state index in [0.29, 0.717) is 22.6 Å². The summed E-state index contributed by atoms with van der Waals surface area (Å²) in [6.45, 7) is -0.821. The average Bonchev–Trinajstić information content (AvgIpc) is 3.42. The molecular weight excluding hydrogens is 708 g/mol. The largest absolute Gasteiger partial charge is 0.502 e. The predicted octanol–water partition coefficient (Wildman–Crippen LogP) is -0.819. The first-order valence-electron chi connectivity index (χ1n) is 16.1. The summed E-state index contributed by atoms with van der Waals surface area (Å²) >= 11 is 0. The monoisotopic (exact) mass is 752 g/mol. The van der Waals surface area contributed by atoms with Crippen molar-refractivity contribution in [3.8, 4) is 28.7 Å². The molecule has 292 valence electrons. The van der Waals surface area contributed by atoms with Crippen molar-refractivity contribution in [2.75, 3.05) is 48.3 Å². The van der Waals surface area contributed by atoms with Crippen LogP contribution in [-0.4, -0.2) is 151 Å². The van der Waals surface area contributed by atoms with E-state index < -0.39 is 86.6 Å². The third-order valence-corrected chi connectivity index (χ3v) is 8.59. The van der Waals surface area contributed by atoms with Gasteiger partial charge in [0.15, 0.2) is 23.9 Å². The molecule has 18 nitrogen and oxygen atoms in total. The second-order valence-electron chi connectivity index (χ2n) is 11.9. The fourth-order valence-electron chi connectivity index (χ4n) is 5.68. The van der Waals surface area contributed by atoms with Crippen LogP contribution in [0.25, 0.3) is 12.2 Å². The first kappa shape index (κ1) is 41.3. The minimum absolute atomic E-state index is 0.0442. The standard InChI is InChI=1S/C35H44O18/c1-17-20(45-2)10-18(11-21(17)46-3)6-8-26(38)49-15-25-29(41)31(43)32(44)34(50-25)53-35(16-37)33(30(42)24(14-36)52-35)51-27(39)9-7-19-12-22(47-4)28(40)23(13-19)48-5/h6-13,24-25,29-34,36-37,40-44H,14-16H2,1-5H3/b8-6+,9-7+/t24-,25-,29-,30-,31+,32-,33+,34-,35+/m1/s1. The van der Waals surface area contributed by atoms with Crippen molar-refractivity contribution in [2.24, 2.45) is 0 Å². The average molecular weight is 753 g/mol. The highest BCUT2D eigenvalue weighted by molar-refractivity contribution is 5.88. The van der Waals surface area contributed by atoms with E-state index in [2.05, 4.69) is 0 Å². The third-order valence-electron chi connectivity index (χ3n) is 8.59. The number of benzene rings is 2. The zero-order valence-electron chi connectivity index (χ0n) is 29.5. The van der Waals surface area contributed by atoms with E-state index in [-0.39, 0.29) is 17.2 Å². The highest BCUT2D eigenvalue weighted by Crippen LogP contribution is 2.39. The maximum atomic E-state index is 13.0. The fraction of sp³-hybridized carbons (Fsp3) is 0.486. The van der Waals surface area contributed by atoms with Gasteiger partial charge in [0.05, 0.1) is 35.0 Å². The van der Waals surface area contributed by atoms with Crippen molar-refractivity contribution in [1.29, 1.82) is 0 Å². The van der Waals surface area contributed by atoms with Crippen LogP contribution in [0.1, 0.15) is 16.7 Å². The Balaban J connectivity index is 1.48. The summed E-state index contributed by atoms with van der Waals surface area (Å²) in [5.41, 5.74) is 1.62. The fourth-order valence-corrected chi connectivity index (χ4v) is 5.68. The van der Waals surface area contributed by atoms with Crippen LogP contribution >= 0.6 is 0 Å². The first-order valence-corrected chi connectivity index (χ1v) is 16.1. The Morgan fingerprint density at radius 1 is 0.755 bits per heavy atom. The van der Waals surface area contributed by atoms with Crippen LogP contribution in [0, 0.1) is 6.92 Å². The van der Waals surface area contributed by atoms with Crippen LogP contribution in [0.15, 0.2) is 36.4 Å². The van der Waals surface area contributed by atoms with Gasteiger partial charge in [-0.2, -0.15) is 0 Å². The molecule has 18 heteroatoms. The van der Waals surface area contributed by atoms with Crippen molar-refractivity contribution in [3.05, 3.63) is 53.1 Å².